The van der Waals surface area contributed by atoms with Crippen molar-refractivity contribution >= 4 is 5.91 Å². The van der Waals surface area contributed by atoms with E-state index < -0.39 is 0 Å². The molecule has 0 aromatic heterocycles. The van der Waals surface area contributed by atoms with Crippen molar-refractivity contribution in [2.24, 2.45) is 5.92 Å². The molecule has 0 heterocycles. The van der Waals surface area contributed by atoms with Crippen LogP contribution in [0.3, 0.4) is 0 Å². The van der Waals surface area contributed by atoms with Gasteiger partial charge in [-0.2, -0.15) is 0 Å². The summed E-state index contributed by atoms with van der Waals surface area (Å²) in [6.45, 7) is 9.56. The minimum absolute atomic E-state index is 0.0547. The van der Waals surface area contributed by atoms with E-state index in [2.05, 4.69) is 48.7 Å². The summed E-state index contributed by atoms with van der Waals surface area (Å²) < 4.78 is 0. The van der Waals surface area contributed by atoms with Gasteiger partial charge in [0.2, 0.25) is 5.91 Å². The van der Waals surface area contributed by atoms with Gasteiger partial charge in [0.05, 0.1) is 0 Å². The second-order valence-corrected chi connectivity index (χ2v) is 5.27. The average molecular weight is 262 g/mol. The molecule has 0 saturated carbocycles. The normalized spacial score (nSPS) is 12.5. The molecule has 0 fully saturated rings. The molecule has 1 aromatic rings. The van der Waals surface area contributed by atoms with E-state index in [-0.39, 0.29) is 11.8 Å². The minimum atomic E-state index is 0.0547. The van der Waals surface area contributed by atoms with Crippen LogP contribution in [0.25, 0.3) is 0 Å². The average Bonchev–Trinajstić information content (AvgIpc) is 2.40. The number of nitrogens with one attached hydrogen (secondary N) is 2. The summed E-state index contributed by atoms with van der Waals surface area (Å²) in [5.41, 5.74) is 2.59. The Kier molecular flexibility index (Phi) is 6.57. The third-order valence-electron chi connectivity index (χ3n) is 3.23. The molecule has 0 radical (unpaired) electrons. The van der Waals surface area contributed by atoms with Gasteiger partial charge in [-0.3, -0.25) is 4.79 Å². The lowest BCUT2D eigenvalue weighted by atomic mass is 10.0. The SMILES string of the molecule is CCC(NCCNC(=O)C(C)C)c1ccc(C)cc1. The Morgan fingerprint density at radius 2 is 1.79 bits per heavy atom. The predicted octanol–water partition coefficient (Wildman–Crippen LogP) is 2.81. The molecule has 0 aliphatic heterocycles. The van der Waals surface area contributed by atoms with Crippen LogP contribution in [0.2, 0.25) is 0 Å². The van der Waals surface area contributed by atoms with Crippen molar-refractivity contribution in [2.75, 3.05) is 13.1 Å². The molecular weight excluding hydrogens is 236 g/mol. The fourth-order valence-corrected chi connectivity index (χ4v) is 1.93. The lowest BCUT2D eigenvalue weighted by molar-refractivity contribution is -0.123. The van der Waals surface area contributed by atoms with Crippen molar-refractivity contribution in [2.45, 2.75) is 40.2 Å². The van der Waals surface area contributed by atoms with Crippen LogP contribution in [-0.2, 0) is 4.79 Å². The Morgan fingerprint density at radius 3 is 2.32 bits per heavy atom. The summed E-state index contributed by atoms with van der Waals surface area (Å²) in [6, 6.07) is 8.98. The van der Waals surface area contributed by atoms with E-state index in [0.717, 1.165) is 13.0 Å². The van der Waals surface area contributed by atoms with Crippen molar-refractivity contribution < 1.29 is 4.79 Å². The van der Waals surface area contributed by atoms with E-state index in [1.807, 2.05) is 13.8 Å². The monoisotopic (exact) mass is 262 g/mol. The van der Waals surface area contributed by atoms with Gasteiger partial charge in [0.25, 0.3) is 0 Å². The second-order valence-electron chi connectivity index (χ2n) is 5.27. The number of carbonyl (C=O) groups excluding carboxylic acids is 1. The lowest BCUT2D eigenvalue weighted by Crippen LogP contribution is -2.35. The quantitative estimate of drug-likeness (QED) is 0.742. The molecule has 1 amide bonds. The summed E-state index contributed by atoms with van der Waals surface area (Å²) in [6.07, 6.45) is 1.04. The van der Waals surface area contributed by atoms with Gasteiger partial charge in [-0.15, -0.1) is 0 Å². The largest absolute Gasteiger partial charge is 0.355 e. The highest BCUT2D eigenvalue weighted by atomic mass is 16.1. The van der Waals surface area contributed by atoms with Gasteiger partial charge >= 0.3 is 0 Å². The number of aryl methyl sites for hydroxylation is 1. The highest BCUT2D eigenvalue weighted by molar-refractivity contribution is 5.77. The van der Waals surface area contributed by atoms with Crippen LogP contribution in [0.15, 0.2) is 24.3 Å². The number of carbonyl (C=O) groups is 1. The molecule has 1 atom stereocenters. The number of rotatable bonds is 7. The van der Waals surface area contributed by atoms with Gasteiger partial charge in [0.15, 0.2) is 0 Å². The molecule has 0 saturated heterocycles. The number of hydrogen-bond donors (Lipinski definition) is 2. The molecular formula is C16H26N2O. The Bertz CT molecular complexity index is 384. The first-order chi connectivity index (χ1) is 9.04. The molecule has 0 bridgehead atoms. The van der Waals surface area contributed by atoms with E-state index in [9.17, 15) is 4.79 Å². The van der Waals surface area contributed by atoms with Gasteiger partial charge < -0.3 is 10.6 Å². The summed E-state index contributed by atoms with van der Waals surface area (Å²) in [5, 5.41) is 6.41. The van der Waals surface area contributed by atoms with Crippen LogP contribution >= 0.6 is 0 Å². The van der Waals surface area contributed by atoms with Gasteiger partial charge in [0, 0.05) is 25.0 Å². The summed E-state index contributed by atoms with van der Waals surface area (Å²) >= 11 is 0. The second kappa shape index (κ2) is 7.95. The Hall–Kier alpha value is -1.35. The van der Waals surface area contributed by atoms with Crippen LogP contribution < -0.4 is 10.6 Å². The zero-order valence-corrected chi connectivity index (χ0v) is 12.5. The van der Waals surface area contributed by atoms with Crippen LogP contribution in [-0.4, -0.2) is 19.0 Å². The first-order valence-electron chi connectivity index (χ1n) is 7.12. The third-order valence-corrected chi connectivity index (χ3v) is 3.23. The van der Waals surface area contributed by atoms with Crippen LogP contribution in [0.4, 0.5) is 0 Å². The van der Waals surface area contributed by atoms with Gasteiger partial charge in [-0.1, -0.05) is 50.6 Å². The van der Waals surface area contributed by atoms with Crippen LogP contribution in [0.5, 0.6) is 0 Å². The molecule has 3 heteroatoms. The summed E-state index contributed by atoms with van der Waals surface area (Å²) in [5.74, 6) is 0.171. The van der Waals surface area contributed by atoms with E-state index >= 15 is 0 Å². The Balaban J connectivity index is 2.37. The highest BCUT2D eigenvalue weighted by Gasteiger charge is 2.09. The fourth-order valence-electron chi connectivity index (χ4n) is 1.93. The predicted molar refractivity (Wildman–Crippen MR) is 80.1 cm³/mol. The van der Waals surface area contributed by atoms with Crippen molar-refractivity contribution in [3.63, 3.8) is 0 Å². The van der Waals surface area contributed by atoms with Crippen LogP contribution in [0.1, 0.15) is 44.4 Å². The zero-order chi connectivity index (χ0) is 14.3. The molecule has 1 aromatic carbocycles. The fraction of sp³-hybridized carbons (Fsp3) is 0.562. The summed E-state index contributed by atoms with van der Waals surface area (Å²) in [4.78, 5) is 11.4. The maximum Gasteiger partial charge on any atom is 0.222 e. The number of hydrogen-bond acceptors (Lipinski definition) is 2. The van der Waals surface area contributed by atoms with E-state index in [0.29, 0.717) is 12.6 Å². The first-order valence-corrected chi connectivity index (χ1v) is 7.12. The molecule has 1 unspecified atom stereocenters. The zero-order valence-electron chi connectivity index (χ0n) is 12.5. The Morgan fingerprint density at radius 1 is 1.16 bits per heavy atom. The smallest absolute Gasteiger partial charge is 0.222 e. The number of benzene rings is 1. The molecule has 106 valence electrons. The molecule has 3 nitrogen and oxygen atoms in total. The summed E-state index contributed by atoms with van der Waals surface area (Å²) in [7, 11) is 0. The number of amides is 1. The van der Waals surface area contributed by atoms with Gasteiger partial charge in [-0.25, -0.2) is 0 Å². The highest BCUT2D eigenvalue weighted by Crippen LogP contribution is 2.16. The topological polar surface area (TPSA) is 41.1 Å². The minimum Gasteiger partial charge on any atom is -0.355 e. The van der Waals surface area contributed by atoms with Gasteiger partial charge in [0.1, 0.15) is 0 Å². The molecule has 19 heavy (non-hydrogen) atoms. The van der Waals surface area contributed by atoms with E-state index in [1.54, 1.807) is 0 Å². The van der Waals surface area contributed by atoms with Crippen molar-refractivity contribution in [1.29, 1.82) is 0 Å². The van der Waals surface area contributed by atoms with Gasteiger partial charge in [-0.05, 0) is 18.9 Å². The molecule has 0 aliphatic rings. The molecule has 2 N–H and O–H groups in total. The molecule has 0 aliphatic carbocycles. The maximum atomic E-state index is 11.4. The van der Waals surface area contributed by atoms with Crippen molar-refractivity contribution in [1.82, 2.24) is 10.6 Å². The lowest BCUT2D eigenvalue weighted by Gasteiger charge is -2.18. The third kappa shape index (κ3) is 5.43. The van der Waals surface area contributed by atoms with Crippen molar-refractivity contribution in [3.05, 3.63) is 35.4 Å². The standard InChI is InChI=1S/C16H26N2O/c1-5-15(14-8-6-13(4)7-9-14)17-10-11-18-16(19)12(2)3/h6-9,12,15,17H,5,10-11H2,1-4H3,(H,18,19). The van der Waals surface area contributed by atoms with Crippen molar-refractivity contribution in [3.8, 4) is 0 Å². The van der Waals surface area contributed by atoms with E-state index in [4.69, 9.17) is 0 Å². The van der Waals surface area contributed by atoms with E-state index in [1.165, 1.54) is 11.1 Å². The van der Waals surface area contributed by atoms with Crippen LogP contribution in [0, 0.1) is 12.8 Å². The maximum absolute atomic E-state index is 11.4. The molecule has 0 spiro atoms. The Labute approximate surface area is 116 Å². The molecule has 1 rings (SSSR count). The first kappa shape index (κ1) is 15.7.